The number of nitrogens with zero attached hydrogens (tertiary/aromatic N) is 4. The number of carbonyl (C=O) groups excluding carboxylic acids is 1. The summed E-state index contributed by atoms with van der Waals surface area (Å²) in [6, 6.07) is 12.1. The number of pyridine rings is 1. The van der Waals surface area contributed by atoms with Crippen LogP contribution in [0.4, 0.5) is 18.9 Å². The SMILES string of the molecule is CCC[C@@H](CCO)N1CCC2C1CCN2C(=O)C1CCN(c2cccc(C(F)(F)F)c2)C1.c1ccncc1. The van der Waals surface area contributed by atoms with Crippen LogP contribution in [-0.2, 0) is 11.0 Å². The molecule has 0 radical (unpaired) electrons. The highest BCUT2D eigenvalue weighted by atomic mass is 19.4. The van der Waals surface area contributed by atoms with E-state index in [1.807, 2.05) is 28.0 Å². The van der Waals surface area contributed by atoms with Gasteiger partial charge in [0.05, 0.1) is 11.5 Å². The second kappa shape index (κ2) is 12.9. The fraction of sp³-hybridized carbons (Fsp3) is 0.586. The molecule has 3 aliphatic heterocycles. The Morgan fingerprint density at radius 2 is 1.79 bits per heavy atom. The van der Waals surface area contributed by atoms with Crippen LogP contribution in [0.1, 0.15) is 51.0 Å². The van der Waals surface area contributed by atoms with Gasteiger partial charge >= 0.3 is 6.18 Å². The molecular formula is C29H39F3N4O2. The maximum atomic E-state index is 13.4. The molecule has 208 valence electrons. The quantitative estimate of drug-likeness (QED) is 0.553. The third-order valence-corrected chi connectivity index (χ3v) is 8.10. The average molecular weight is 533 g/mol. The van der Waals surface area contributed by atoms with Gasteiger partial charge in [0.25, 0.3) is 0 Å². The number of aromatic nitrogens is 1. The molecule has 38 heavy (non-hydrogen) atoms. The molecule has 2 aromatic rings. The Morgan fingerprint density at radius 1 is 1.03 bits per heavy atom. The molecule has 0 saturated carbocycles. The van der Waals surface area contributed by atoms with Crippen LogP contribution in [0.3, 0.4) is 0 Å². The second-order valence-corrected chi connectivity index (χ2v) is 10.4. The van der Waals surface area contributed by atoms with E-state index in [1.165, 1.54) is 12.1 Å². The molecule has 0 bridgehead atoms. The van der Waals surface area contributed by atoms with Crippen molar-refractivity contribution < 1.29 is 23.1 Å². The van der Waals surface area contributed by atoms with E-state index < -0.39 is 11.7 Å². The topological polar surface area (TPSA) is 59.9 Å². The standard InChI is InChI=1S/C24H34F3N3O2.C5H5N/c1-2-4-19(10-14-31)29-12-8-22-21(29)9-13-30(22)23(32)17-7-11-28(16-17)20-6-3-5-18(15-20)24(25,26)27;1-2-4-6-5-3-1/h3,5-6,15,17,19,21-22,31H,2,4,7-14,16H2,1H3;1-5H/t17?,19-,21?,22?;/m0./s1. The molecule has 9 heteroatoms. The minimum Gasteiger partial charge on any atom is -0.396 e. The average Bonchev–Trinajstić information content (AvgIpc) is 3.66. The van der Waals surface area contributed by atoms with Crippen molar-refractivity contribution in [1.29, 1.82) is 0 Å². The summed E-state index contributed by atoms with van der Waals surface area (Å²) in [4.78, 5) is 23.6. The minimum absolute atomic E-state index is 0.156. The molecule has 5 rings (SSSR count). The number of aliphatic hydroxyl groups excluding tert-OH is 1. The van der Waals surface area contributed by atoms with E-state index in [4.69, 9.17) is 0 Å². The molecule has 4 heterocycles. The maximum Gasteiger partial charge on any atom is 0.416 e. The Hall–Kier alpha value is -2.65. The van der Waals surface area contributed by atoms with Crippen LogP contribution in [0.15, 0.2) is 54.9 Å². The summed E-state index contributed by atoms with van der Waals surface area (Å²) in [6.07, 6.45) is 4.66. The smallest absolute Gasteiger partial charge is 0.396 e. The number of rotatable bonds is 7. The molecule has 1 aromatic heterocycles. The Morgan fingerprint density at radius 3 is 2.42 bits per heavy atom. The number of hydrogen-bond donors (Lipinski definition) is 1. The van der Waals surface area contributed by atoms with Gasteiger partial charge in [-0.15, -0.1) is 0 Å². The van der Waals surface area contributed by atoms with Gasteiger partial charge in [0, 0.05) is 69.0 Å². The zero-order chi connectivity index (χ0) is 27.1. The number of halogens is 3. The first-order valence-corrected chi connectivity index (χ1v) is 13.8. The van der Waals surface area contributed by atoms with E-state index in [0.717, 1.165) is 51.3 Å². The van der Waals surface area contributed by atoms with Crippen molar-refractivity contribution in [3.05, 3.63) is 60.4 Å². The maximum absolute atomic E-state index is 13.4. The zero-order valence-electron chi connectivity index (χ0n) is 22.1. The third kappa shape index (κ3) is 6.67. The molecule has 1 N–H and O–H groups in total. The van der Waals surface area contributed by atoms with E-state index in [9.17, 15) is 23.1 Å². The fourth-order valence-electron chi connectivity index (χ4n) is 6.33. The van der Waals surface area contributed by atoms with Crippen molar-refractivity contribution in [3.63, 3.8) is 0 Å². The van der Waals surface area contributed by atoms with Gasteiger partial charge in [0.1, 0.15) is 0 Å². The van der Waals surface area contributed by atoms with Crippen LogP contribution >= 0.6 is 0 Å². The predicted octanol–water partition coefficient (Wildman–Crippen LogP) is 4.84. The van der Waals surface area contributed by atoms with Crippen LogP contribution in [0.2, 0.25) is 0 Å². The van der Waals surface area contributed by atoms with E-state index in [1.54, 1.807) is 18.5 Å². The predicted molar refractivity (Wildman–Crippen MR) is 142 cm³/mol. The van der Waals surface area contributed by atoms with E-state index in [0.29, 0.717) is 37.3 Å². The van der Waals surface area contributed by atoms with Gasteiger partial charge in [-0.1, -0.05) is 25.5 Å². The molecule has 0 spiro atoms. The number of carbonyl (C=O) groups is 1. The van der Waals surface area contributed by atoms with Gasteiger partial charge in [0.2, 0.25) is 5.91 Å². The van der Waals surface area contributed by atoms with Gasteiger partial charge < -0.3 is 14.9 Å². The number of amides is 1. The van der Waals surface area contributed by atoms with Gasteiger partial charge in [-0.25, -0.2) is 0 Å². The van der Waals surface area contributed by atoms with Crippen LogP contribution in [0, 0.1) is 5.92 Å². The molecule has 6 nitrogen and oxygen atoms in total. The van der Waals surface area contributed by atoms with Crippen LogP contribution < -0.4 is 4.90 Å². The molecule has 4 atom stereocenters. The van der Waals surface area contributed by atoms with E-state index >= 15 is 0 Å². The summed E-state index contributed by atoms with van der Waals surface area (Å²) in [5.41, 5.74) is -0.115. The number of anilines is 1. The summed E-state index contributed by atoms with van der Waals surface area (Å²) in [6.45, 7) is 5.14. The van der Waals surface area contributed by atoms with E-state index in [-0.39, 0.29) is 24.5 Å². The third-order valence-electron chi connectivity index (χ3n) is 8.10. The van der Waals surface area contributed by atoms with Gasteiger partial charge in [-0.05, 0) is 62.4 Å². The highest BCUT2D eigenvalue weighted by Crippen LogP contribution is 2.37. The molecular weight excluding hydrogens is 493 g/mol. The Kier molecular flexibility index (Phi) is 9.65. The summed E-state index contributed by atoms with van der Waals surface area (Å²) >= 11 is 0. The second-order valence-electron chi connectivity index (χ2n) is 10.4. The first-order chi connectivity index (χ1) is 18.3. The normalized spacial score (nSPS) is 24.2. The van der Waals surface area contributed by atoms with Crippen LogP contribution in [-0.4, -0.2) is 76.7 Å². The van der Waals surface area contributed by atoms with Gasteiger partial charge in [-0.2, -0.15) is 13.2 Å². The Bertz CT molecular complexity index is 990. The molecule has 1 aromatic carbocycles. The summed E-state index contributed by atoms with van der Waals surface area (Å²) < 4.78 is 39.2. The van der Waals surface area contributed by atoms with Crippen molar-refractivity contribution in [2.75, 3.05) is 37.7 Å². The zero-order valence-corrected chi connectivity index (χ0v) is 22.1. The van der Waals surface area contributed by atoms with Crippen molar-refractivity contribution in [3.8, 4) is 0 Å². The fourth-order valence-corrected chi connectivity index (χ4v) is 6.33. The lowest BCUT2D eigenvalue weighted by atomic mass is 10.0. The van der Waals surface area contributed by atoms with Crippen molar-refractivity contribution in [2.45, 2.75) is 69.8 Å². The highest BCUT2D eigenvalue weighted by molar-refractivity contribution is 5.81. The summed E-state index contributed by atoms with van der Waals surface area (Å²) in [7, 11) is 0. The summed E-state index contributed by atoms with van der Waals surface area (Å²) in [5.74, 6) is -0.00995. The molecule has 3 fully saturated rings. The number of hydrogen-bond acceptors (Lipinski definition) is 5. The Balaban J connectivity index is 0.000000494. The number of alkyl halides is 3. The van der Waals surface area contributed by atoms with Crippen molar-refractivity contribution in [2.24, 2.45) is 5.92 Å². The minimum atomic E-state index is -4.37. The molecule has 3 unspecified atom stereocenters. The highest BCUT2D eigenvalue weighted by Gasteiger charge is 2.47. The van der Waals surface area contributed by atoms with E-state index in [2.05, 4.69) is 16.8 Å². The molecule has 0 aliphatic carbocycles. The largest absolute Gasteiger partial charge is 0.416 e. The lowest BCUT2D eigenvalue weighted by Gasteiger charge is -2.32. The number of likely N-dealkylation sites (tertiary alicyclic amines) is 2. The van der Waals surface area contributed by atoms with Crippen molar-refractivity contribution in [1.82, 2.24) is 14.8 Å². The monoisotopic (exact) mass is 532 g/mol. The van der Waals surface area contributed by atoms with Crippen molar-refractivity contribution >= 4 is 11.6 Å². The van der Waals surface area contributed by atoms with Crippen LogP contribution in [0.5, 0.6) is 0 Å². The number of fused-ring (bicyclic) bond motifs is 1. The van der Waals surface area contributed by atoms with Gasteiger partial charge in [-0.3, -0.25) is 14.7 Å². The number of benzene rings is 1. The van der Waals surface area contributed by atoms with Gasteiger partial charge in [0.15, 0.2) is 0 Å². The molecule has 3 saturated heterocycles. The Labute approximate surface area is 223 Å². The first kappa shape index (κ1) is 28.4. The first-order valence-electron chi connectivity index (χ1n) is 13.8. The number of aliphatic hydroxyl groups is 1. The lowest BCUT2D eigenvalue weighted by Crippen LogP contribution is -2.45. The lowest BCUT2D eigenvalue weighted by molar-refractivity contribution is -0.137. The summed E-state index contributed by atoms with van der Waals surface area (Å²) in [5, 5.41) is 9.47. The molecule has 3 aliphatic rings. The van der Waals surface area contributed by atoms with Crippen LogP contribution in [0.25, 0.3) is 0 Å². The molecule has 1 amide bonds.